The molecule has 17 heavy (non-hydrogen) atoms. The molecule has 1 aromatic rings. The number of benzene rings is 1. The van der Waals surface area contributed by atoms with Gasteiger partial charge in [-0.25, -0.2) is 4.79 Å². The van der Waals surface area contributed by atoms with Crippen molar-refractivity contribution >= 4 is 27.7 Å². The summed E-state index contributed by atoms with van der Waals surface area (Å²) in [7, 11) is 1.34. The van der Waals surface area contributed by atoms with Gasteiger partial charge in [0.25, 0.3) is 0 Å². The fraction of sp³-hybridized carbons (Fsp3) is 0.167. The van der Waals surface area contributed by atoms with E-state index in [0.29, 0.717) is 5.56 Å². The molecule has 0 spiro atoms. The predicted molar refractivity (Wildman–Crippen MR) is 63.5 cm³/mol. The molecule has 0 N–H and O–H groups in total. The number of hydrogen-bond acceptors (Lipinski definition) is 4. The van der Waals surface area contributed by atoms with E-state index in [2.05, 4.69) is 15.9 Å². The zero-order valence-electron chi connectivity index (χ0n) is 9.03. The molecular weight excluding hydrogens is 288 g/mol. The molecule has 0 aromatic heterocycles. The summed E-state index contributed by atoms with van der Waals surface area (Å²) in [5.74, 6) is -0.852. The molecule has 0 aliphatic carbocycles. The number of Topliss-reactive ketones (excluding diaryl/α,β-unsaturated/α-hetero) is 1. The molecule has 0 unspecified atom stereocenters. The smallest absolute Gasteiger partial charge is 0.374 e. The van der Waals surface area contributed by atoms with Crippen LogP contribution in [0.5, 0.6) is 0 Å². The highest BCUT2D eigenvalue weighted by Gasteiger charge is 2.31. The summed E-state index contributed by atoms with van der Waals surface area (Å²) in [6.45, 7) is -0.0344. The van der Waals surface area contributed by atoms with E-state index in [4.69, 9.17) is 9.47 Å². The number of rotatable bonds is 3. The van der Waals surface area contributed by atoms with E-state index in [1.54, 1.807) is 18.2 Å². The SMILES string of the molecule is COC1=C(C(=O)c2cccc(Br)c2)COC1=O. The van der Waals surface area contributed by atoms with Gasteiger partial charge in [0.15, 0.2) is 5.78 Å². The van der Waals surface area contributed by atoms with Crippen LogP contribution in [0.4, 0.5) is 0 Å². The van der Waals surface area contributed by atoms with E-state index in [0.717, 1.165) is 4.47 Å². The Morgan fingerprint density at radius 1 is 1.47 bits per heavy atom. The monoisotopic (exact) mass is 296 g/mol. The van der Waals surface area contributed by atoms with Crippen molar-refractivity contribution in [2.75, 3.05) is 13.7 Å². The van der Waals surface area contributed by atoms with Crippen molar-refractivity contribution in [3.63, 3.8) is 0 Å². The van der Waals surface area contributed by atoms with Crippen molar-refractivity contribution in [3.05, 3.63) is 45.6 Å². The van der Waals surface area contributed by atoms with Crippen molar-refractivity contribution in [2.24, 2.45) is 0 Å². The second-order valence-corrected chi connectivity index (χ2v) is 4.34. The van der Waals surface area contributed by atoms with Crippen LogP contribution in [0.3, 0.4) is 0 Å². The fourth-order valence-corrected chi connectivity index (χ4v) is 1.97. The quantitative estimate of drug-likeness (QED) is 0.633. The third-order valence-corrected chi connectivity index (χ3v) is 2.87. The van der Waals surface area contributed by atoms with Gasteiger partial charge in [-0.3, -0.25) is 4.79 Å². The molecule has 2 rings (SSSR count). The fourth-order valence-electron chi connectivity index (χ4n) is 1.57. The summed E-state index contributed by atoms with van der Waals surface area (Å²) in [4.78, 5) is 23.4. The Balaban J connectivity index is 2.39. The zero-order valence-corrected chi connectivity index (χ0v) is 10.6. The molecule has 0 radical (unpaired) electrons. The second kappa shape index (κ2) is 4.71. The average molecular weight is 297 g/mol. The average Bonchev–Trinajstić information content (AvgIpc) is 2.69. The van der Waals surface area contributed by atoms with Crippen molar-refractivity contribution < 1.29 is 19.1 Å². The summed E-state index contributed by atoms with van der Waals surface area (Å²) in [6, 6.07) is 6.93. The van der Waals surface area contributed by atoms with Gasteiger partial charge in [0.05, 0.1) is 12.7 Å². The second-order valence-electron chi connectivity index (χ2n) is 3.43. The highest BCUT2D eigenvalue weighted by Crippen LogP contribution is 2.22. The molecule has 1 aliphatic rings. The first kappa shape index (κ1) is 11.9. The molecule has 5 heteroatoms. The normalized spacial score (nSPS) is 14.8. The lowest BCUT2D eigenvalue weighted by atomic mass is 10.0. The summed E-state index contributed by atoms with van der Waals surface area (Å²) >= 11 is 3.29. The van der Waals surface area contributed by atoms with E-state index >= 15 is 0 Å². The summed E-state index contributed by atoms with van der Waals surface area (Å²) in [5, 5.41) is 0. The van der Waals surface area contributed by atoms with Crippen molar-refractivity contribution in [1.29, 1.82) is 0 Å². The molecule has 0 atom stereocenters. The molecule has 0 amide bonds. The van der Waals surface area contributed by atoms with Gasteiger partial charge in [-0.05, 0) is 12.1 Å². The standard InChI is InChI=1S/C12H9BrO4/c1-16-11-9(6-17-12(11)15)10(14)7-3-2-4-8(13)5-7/h2-5H,6H2,1H3. The van der Waals surface area contributed by atoms with E-state index < -0.39 is 5.97 Å². The minimum atomic E-state index is -0.592. The molecule has 88 valence electrons. The van der Waals surface area contributed by atoms with Crippen LogP contribution in [0.25, 0.3) is 0 Å². The third-order valence-electron chi connectivity index (χ3n) is 2.37. The Kier molecular flexibility index (Phi) is 3.28. The van der Waals surface area contributed by atoms with E-state index in [1.165, 1.54) is 7.11 Å². The maximum absolute atomic E-state index is 12.1. The first-order valence-corrected chi connectivity index (χ1v) is 5.67. The molecule has 1 aliphatic heterocycles. The van der Waals surface area contributed by atoms with Gasteiger partial charge >= 0.3 is 5.97 Å². The molecular formula is C12H9BrO4. The third kappa shape index (κ3) is 2.24. The van der Waals surface area contributed by atoms with Crippen molar-refractivity contribution in [2.45, 2.75) is 0 Å². The lowest BCUT2D eigenvalue weighted by Crippen LogP contribution is -2.07. The number of cyclic esters (lactones) is 1. The van der Waals surface area contributed by atoms with Crippen LogP contribution in [-0.2, 0) is 14.3 Å². The minimum absolute atomic E-state index is 0.00465. The Hall–Kier alpha value is -1.62. The Morgan fingerprint density at radius 2 is 2.24 bits per heavy atom. The van der Waals surface area contributed by atoms with E-state index in [1.807, 2.05) is 6.07 Å². The van der Waals surface area contributed by atoms with Crippen LogP contribution in [0.15, 0.2) is 40.1 Å². The van der Waals surface area contributed by atoms with Gasteiger partial charge in [-0.15, -0.1) is 0 Å². The zero-order chi connectivity index (χ0) is 12.4. The van der Waals surface area contributed by atoms with Crippen LogP contribution >= 0.6 is 15.9 Å². The number of esters is 1. The number of carbonyl (C=O) groups excluding carboxylic acids is 2. The number of ketones is 1. The Bertz CT molecular complexity index is 519. The Labute approximate surface area is 106 Å². The molecule has 1 heterocycles. The van der Waals surface area contributed by atoms with Crippen LogP contribution in [-0.4, -0.2) is 25.5 Å². The van der Waals surface area contributed by atoms with Gasteiger partial charge < -0.3 is 9.47 Å². The predicted octanol–water partition coefficient (Wildman–Crippen LogP) is 2.09. The number of carbonyl (C=O) groups is 2. The highest BCUT2D eigenvalue weighted by atomic mass is 79.9. The van der Waals surface area contributed by atoms with Gasteiger partial charge in [0.1, 0.15) is 6.61 Å². The van der Waals surface area contributed by atoms with Crippen LogP contribution in [0.2, 0.25) is 0 Å². The number of methoxy groups -OCH3 is 1. The van der Waals surface area contributed by atoms with Gasteiger partial charge in [-0.1, -0.05) is 28.1 Å². The molecule has 0 bridgehead atoms. The Morgan fingerprint density at radius 3 is 2.88 bits per heavy atom. The largest absolute Gasteiger partial charge is 0.489 e. The van der Waals surface area contributed by atoms with Crippen molar-refractivity contribution in [3.8, 4) is 0 Å². The lowest BCUT2D eigenvalue weighted by Gasteiger charge is -2.02. The number of ether oxygens (including phenoxy) is 2. The highest BCUT2D eigenvalue weighted by molar-refractivity contribution is 9.10. The summed E-state index contributed by atoms with van der Waals surface area (Å²) < 4.78 is 10.5. The van der Waals surface area contributed by atoms with E-state index in [-0.39, 0.29) is 23.7 Å². The number of halogens is 1. The van der Waals surface area contributed by atoms with Gasteiger partial charge in [-0.2, -0.15) is 0 Å². The molecule has 4 nitrogen and oxygen atoms in total. The summed E-state index contributed by atoms with van der Waals surface area (Å²) in [6.07, 6.45) is 0. The van der Waals surface area contributed by atoms with Gasteiger partial charge in [0, 0.05) is 10.0 Å². The van der Waals surface area contributed by atoms with Crippen LogP contribution in [0.1, 0.15) is 10.4 Å². The van der Waals surface area contributed by atoms with Crippen LogP contribution in [0, 0.1) is 0 Å². The number of hydrogen-bond donors (Lipinski definition) is 0. The lowest BCUT2D eigenvalue weighted by molar-refractivity contribution is -0.138. The maximum atomic E-state index is 12.1. The topological polar surface area (TPSA) is 52.6 Å². The first-order valence-electron chi connectivity index (χ1n) is 4.88. The van der Waals surface area contributed by atoms with Crippen molar-refractivity contribution in [1.82, 2.24) is 0 Å². The molecule has 0 saturated heterocycles. The van der Waals surface area contributed by atoms with E-state index in [9.17, 15) is 9.59 Å². The minimum Gasteiger partial charge on any atom is -0.489 e. The molecule has 0 saturated carbocycles. The van der Waals surface area contributed by atoms with Crippen LogP contribution < -0.4 is 0 Å². The molecule has 1 aromatic carbocycles. The first-order chi connectivity index (χ1) is 8.13. The summed E-state index contributed by atoms with van der Waals surface area (Å²) in [5.41, 5.74) is 0.748. The maximum Gasteiger partial charge on any atom is 0.374 e. The van der Waals surface area contributed by atoms with Gasteiger partial charge in [0.2, 0.25) is 5.76 Å². The molecule has 0 fully saturated rings.